The van der Waals surface area contributed by atoms with E-state index in [1.165, 1.54) is 12.1 Å². The zero-order chi connectivity index (χ0) is 15.9. The van der Waals surface area contributed by atoms with E-state index < -0.39 is 0 Å². The van der Waals surface area contributed by atoms with Crippen LogP contribution < -0.4 is 0 Å². The van der Waals surface area contributed by atoms with E-state index in [1.54, 1.807) is 19.1 Å². The van der Waals surface area contributed by atoms with E-state index in [-0.39, 0.29) is 23.3 Å². The lowest BCUT2D eigenvalue weighted by molar-refractivity contribution is -0.117. The Balaban J connectivity index is 1.73. The number of benzene rings is 1. The Hall–Kier alpha value is -1.55. The van der Waals surface area contributed by atoms with Gasteiger partial charge in [-0.3, -0.25) is 4.79 Å². The van der Waals surface area contributed by atoms with Gasteiger partial charge in [-0.2, -0.15) is 0 Å². The van der Waals surface area contributed by atoms with Crippen molar-refractivity contribution in [3.05, 3.63) is 35.6 Å². The van der Waals surface area contributed by atoms with Crippen molar-refractivity contribution >= 4 is 11.6 Å². The van der Waals surface area contributed by atoms with Crippen LogP contribution in [0.2, 0.25) is 0 Å². The molecule has 0 aliphatic carbocycles. The number of hydrogen-bond donors (Lipinski definition) is 0. The van der Waals surface area contributed by atoms with Crippen LogP contribution in [0.15, 0.2) is 24.3 Å². The number of likely N-dealkylation sites (tertiary alicyclic amines) is 1. The summed E-state index contributed by atoms with van der Waals surface area (Å²) >= 11 is 0. The smallest absolute Gasteiger partial charge is 0.166 e. The van der Waals surface area contributed by atoms with Crippen molar-refractivity contribution in [1.82, 2.24) is 4.90 Å². The molecule has 2 rings (SSSR count). The molecular weight excluding hydrogens is 281 g/mol. The van der Waals surface area contributed by atoms with Gasteiger partial charge in [-0.25, -0.2) is 4.39 Å². The minimum absolute atomic E-state index is 0.0546. The van der Waals surface area contributed by atoms with Crippen LogP contribution in [0.1, 0.15) is 49.4 Å². The molecule has 1 aromatic rings. The van der Waals surface area contributed by atoms with Crippen LogP contribution in [0.4, 0.5) is 4.39 Å². The zero-order valence-electron chi connectivity index (χ0n) is 13.2. The first kappa shape index (κ1) is 16.8. The highest BCUT2D eigenvalue weighted by molar-refractivity contribution is 5.97. The molecule has 120 valence electrons. The number of unbranched alkanes of at least 4 members (excludes halogenated alkanes) is 1. The number of carbonyl (C=O) groups excluding carboxylic acids is 2. The van der Waals surface area contributed by atoms with Gasteiger partial charge in [0.1, 0.15) is 11.6 Å². The van der Waals surface area contributed by atoms with Crippen LogP contribution in [-0.4, -0.2) is 36.1 Å². The number of rotatable bonds is 7. The fourth-order valence-corrected chi connectivity index (χ4v) is 2.98. The number of carbonyl (C=O) groups is 2. The average Bonchev–Trinajstić information content (AvgIpc) is 2.52. The maximum atomic E-state index is 12.9. The molecule has 0 unspecified atom stereocenters. The molecule has 0 spiro atoms. The van der Waals surface area contributed by atoms with Gasteiger partial charge < -0.3 is 9.69 Å². The quantitative estimate of drug-likeness (QED) is 0.572. The van der Waals surface area contributed by atoms with Crippen LogP contribution in [0.3, 0.4) is 0 Å². The molecule has 0 amide bonds. The molecule has 3 nitrogen and oxygen atoms in total. The van der Waals surface area contributed by atoms with E-state index in [4.69, 9.17) is 0 Å². The Morgan fingerprint density at radius 3 is 2.36 bits per heavy atom. The molecule has 1 aromatic carbocycles. The van der Waals surface area contributed by atoms with Crippen LogP contribution >= 0.6 is 0 Å². The summed E-state index contributed by atoms with van der Waals surface area (Å²) in [6.07, 6.45) is 4.38. The summed E-state index contributed by atoms with van der Waals surface area (Å²) < 4.78 is 12.9. The highest BCUT2D eigenvalue weighted by atomic mass is 19.1. The Morgan fingerprint density at radius 2 is 1.77 bits per heavy atom. The van der Waals surface area contributed by atoms with Crippen molar-refractivity contribution in [2.75, 3.05) is 19.6 Å². The van der Waals surface area contributed by atoms with E-state index in [0.717, 1.165) is 45.3 Å². The predicted octanol–water partition coefficient (Wildman–Crippen LogP) is 3.48. The van der Waals surface area contributed by atoms with Crippen LogP contribution in [0, 0.1) is 11.7 Å². The lowest BCUT2D eigenvalue weighted by Crippen LogP contribution is -2.36. The predicted molar refractivity (Wildman–Crippen MR) is 84.4 cm³/mol. The van der Waals surface area contributed by atoms with Crippen molar-refractivity contribution in [2.45, 2.75) is 39.0 Å². The van der Waals surface area contributed by atoms with Crippen LogP contribution in [0.25, 0.3) is 0 Å². The second kappa shape index (κ2) is 8.18. The molecule has 1 saturated heterocycles. The largest absolute Gasteiger partial charge is 0.303 e. The number of piperidine rings is 1. The van der Waals surface area contributed by atoms with Crippen LogP contribution in [-0.2, 0) is 4.79 Å². The normalized spacial score (nSPS) is 16.6. The molecule has 1 aliphatic rings. The molecule has 0 atom stereocenters. The first-order valence-electron chi connectivity index (χ1n) is 8.08. The Kier molecular flexibility index (Phi) is 6.25. The number of hydrogen-bond acceptors (Lipinski definition) is 3. The molecule has 0 bridgehead atoms. The Labute approximate surface area is 131 Å². The van der Waals surface area contributed by atoms with Gasteiger partial charge in [0.15, 0.2) is 5.78 Å². The SMILES string of the molecule is CC(=O)CCCCN1CCC(C(=O)c2ccc(F)cc2)CC1. The van der Waals surface area contributed by atoms with Crippen molar-refractivity contribution in [1.29, 1.82) is 0 Å². The zero-order valence-corrected chi connectivity index (χ0v) is 13.2. The third-order valence-electron chi connectivity index (χ3n) is 4.34. The molecule has 1 fully saturated rings. The second-order valence-corrected chi connectivity index (χ2v) is 6.15. The van der Waals surface area contributed by atoms with Crippen molar-refractivity contribution in [3.8, 4) is 0 Å². The highest BCUT2D eigenvalue weighted by Crippen LogP contribution is 2.22. The van der Waals surface area contributed by atoms with Crippen molar-refractivity contribution in [3.63, 3.8) is 0 Å². The molecule has 0 radical (unpaired) electrons. The van der Waals surface area contributed by atoms with Crippen molar-refractivity contribution in [2.24, 2.45) is 5.92 Å². The van der Waals surface area contributed by atoms with E-state index in [0.29, 0.717) is 12.0 Å². The number of Topliss-reactive ketones (excluding diaryl/α,β-unsaturated/α-hetero) is 2. The summed E-state index contributed by atoms with van der Waals surface area (Å²) in [5.41, 5.74) is 0.612. The highest BCUT2D eigenvalue weighted by Gasteiger charge is 2.25. The van der Waals surface area contributed by atoms with Gasteiger partial charge in [0.05, 0.1) is 0 Å². The molecule has 0 saturated carbocycles. The average molecular weight is 305 g/mol. The first-order valence-corrected chi connectivity index (χ1v) is 8.08. The fourth-order valence-electron chi connectivity index (χ4n) is 2.98. The monoisotopic (exact) mass is 305 g/mol. The lowest BCUT2D eigenvalue weighted by atomic mass is 9.89. The van der Waals surface area contributed by atoms with Gasteiger partial charge in [-0.1, -0.05) is 0 Å². The standard InChI is InChI=1S/C18H24FNO2/c1-14(21)4-2-3-11-20-12-9-16(10-13-20)18(22)15-5-7-17(19)8-6-15/h5-8,16H,2-4,9-13H2,1H3. The molecule has 1 heterocycles. The summed E-state index contributed by atoms with van der Waals surface area (Å²) in [7, 11) is 0. The maximum absolute atomic E-state index is 12.9. The summed E-state index contributed by atoms with van der Waals surface area (Å²) in [6, 6.07) is 5.84. The van der Waals surface area contributed by atoms with Gasteiger partial charge in [0.25, 0.3) is 0 Å². The lowest BCUT2D eigenvalue weighted by Gasteiger charge is -2.31. The number of ketones is 2. The van der Waals surface area contributed by atoms with E-state index in [1.807, 2.05) is 0 Å². The summed E-state index contributed by atoms with van der Waals surface area (Å²) in [5, 5.41) is 0. The van der Waals surface area contributed by atoms with Gasteiger partial charge in [-0.05, 0) is 76.5 Å². The molecule has 22 heavy (non-hydrogen) atoms. The third-order valence-corrected chi connectivity index (χ3v) is 4.34. The maximum Gasteiger partial charge on any atom is 0.166 e. The van der Waals surface area contributed by atoms with Gasteiger partial charge in [0, 0.05) is 17.9 Å². The Morgan fingerprint density at radius 1 is 1.14 bits per heavy atom. The summed E-state index contributed by atoms with van der Waals surface area (Å²) in [5.74, 6) is 0.135. The molecule has 0 N–H and O–H groups in total. The van der Waals surface area contributed by atoms with E-state index in [9.17, 15) is 14.0 Å². The second-order valence-electron chi connectivity index (χ2n) is 6.15. The van der Waals surface area contributed by atoms with E-state index in [2.05, 4.69) is 4.90 Å². The van der Waals surface area contributed by atoms with E-state index >= 15 is 0 Å². The first-order chi connectivity index (χ1) is 10.6. The fraction of sp³-hybridized carbons (Fsp3) is 0.556. The molecule has 0 aromatic heterocycles. The topological polar surface area (TPSA) is 37.4 Å². The molecular formula is C18H24FNO2. The minimum atomic E-state index is -0.308. The minimum Gasteiger partial charge on any atom is -0.303 e. The molecule has 1 aliphatic heterocycles. The Bertz CT molecular complexity index is 504. The summed E-state index contributed by atoms with van der Waals surface area (Å²) in [6.45, 7) is 4.49. The summed E-state index contributed by atoms with van der Waals surface area (Å²) in [4.78, 5) is 25.6. The number of nitrogens with zero attached hydrogens (tertiary/aromatic N) is 1. The van der Waals surface area contributed by atoms with Crippen LogP contribution in [0.5, 0.6) is 0 Å². The van der Waals surface area contributed by atoms with Gasteiger partial charge >= 0.3 is 0 Å². The van der Waals surface area contributed by atoms with Gasteiger partial charge in [0.2, 0.25) is 0 Å². The number of halogens is 1. The molecule has 4 heteroatoms. The van der Waals surface area contributed by atoms with Gasteiger partial charge in [-0.15, -0.1) is 0 Å². The van der Waals surface area contributed by atoms with Crippen molar-refractivity contribution < 1.29 is 14.0 Å². The third kappa shape index (κ3) is 5.02.